The van der Waals surface area contributed by atoms with Gasteiger partial charge in [-0.05, 0) is 24.6 Å². The number of nitrogens with zero attached hydrogens (tertiary/aromatic N) is 7. The highest BCUT2D eigenvalue weighted by atomic mass is 16.2. The summed E-state index contributed by atoms with van der Waals surface area (Å²) in [6, 6.07) is 16.7. The van der Waals surface area contributed by atoms with Gasteiger partial charge in [0, 0.05) is 40.3 Å². The van der Waals surface area contributed by atoms with Gasteiger partial charge < -0.3 is 4.90 Å². The number of fused-ring (bicyclic) bond motifs is 1. The normalized spacial score (nSPS) is 18.3. The van der Waals surface area contributed by atoms with E-state index in [1.54, 1.807) is 19.2 Å². The van der Waals surface area contributed by atoms with Crippen molar-refractivity contribution in [1.29, 1.82) is 0 Å². The Morgan fingerprint density at radius 1 is 0.850 bits per heavy atom. The SMILES string of the molecule is Cc1ccc(N2C(=O)CC(N3CCN(c4nc5c(c(=O)n(C)c(=O)n5C)n4Cc4ccccc4)CC3)C2=O)cc1. The lowest BCUT2D eigenvalue weighted by molar-refractivity contribution is -0.123. The monoisotopic (exact) mass is 541 g/mol. The number of hydrogen-bond acceptors (Lipinski definition) is 7. The van der Waals surface area contributed by atoms with Crippen LogP contribution < -0.4 is 21.0 Å². The van der Waals surface area contributed by atoms with E-state index >= 15 is 0 Å². The summed E-state index contributed by atoms with van der Waals surface area (Å²) in [7, 11) is 3.09. The predicted molar refractivity (Wildman–Crippen MR) is 152 cm³/mol. The quantitative estimate of drug-likeness (QED) is 0.350. The third-order valence-corrected chi connectivity index (χ3v) is 7.96. The molecule has 206 valence electrons. The van der Waals surface area contributed by atoms with Crippen molar-refractivity contribution in [2.24, 2.45) is 14.1 Å². The standard InChI is InChI=1S/C29H31N7O4/c1-19-9-11-21(12-10-19)36-23(37)17-22(26(36)38)33-13-15-34(16-14-33)28-30-25-24(27(39)32(3)29(40)31(25)2)35(28)18-20-7-5-4-6-8-20/h4-12,22H,13-18H2,1-3H3. The van der Waals surface area contributed by atoms with Gasteiger partial charge in [0.05, 0.1) is 24.7 Å². The summed E-state index contributed by atoms with van der Waals surface area (Å²) >= 11 is 0. The molecule has 2 amide bonds. The average molecular weight is 542 g/mol. The smallest absolute Gasteiger partial charge is 0.332 e. The van der Waals surface area contributed by atoms with Crippen molar-refractivity contribution < 1.29 is 9.59 Å². The van der Waals surface area contributed by atoms with Gasteiger partial charge in [-0.15, -0.1) is 0 Å². The first kappa shape index (κ1) is 25.8. The zero-order valence-electron chi connectivity index (χ0n) is 22.8. The number of anilines is 2. The van der Waals surface area contributed by atoms with Crippen LogP contribution in [0, 0.1) is 6.92 Å². The number of imide groups is 1. The molecule has 0 N–H and O–H groups in total. The minimum Gasteiger partial charge on any atom is -0.340 e. The first-order valence-electron chi connectivity index (χ1n) is 13.4. The molecule has 2 aliphatic heterocycles. The van der Waals surface area contributed by atoms with Gasteiger partial charge >= 0.3 is 5.69 Å². The number of aryl methyl sites for hydroxylation is 2. The fourth-order valence-electron chi connectivity index (χ4n) is 5.69. The van der Waals surface area contributed by atoms with Crippen LogP contribution in [0.3, 0.4) is 0 Å². The maximum absolute atomic E-state index is 13.3. The summed E-state index contributed by atoms with van der Waals surface area (Å²) in [4.78, 5) is 62.3. The first-order chi connectivity index (χ1) is 19.2. The van der Waals surface area contributed by atoms with Crippen LogP contribution in [-0.4, -0.2) is 67.6 Å². The molecule has 40 heavy (non-hydrogen) atoms. The molecule has 4 heterocycles. The number of hydrogen-bond donors (Lipinski definition) is 0. The van der Waals surface area contributed by atoms with E-state index in [1.807, 2.05) is 54.0 Å². The van der Waals surface area contributed by atoms with Gasteiger partial charge in [-0.3, -0.25) is 33.0 Å². The van der Waals surface area contributed by atoms with Gasteiger partial charge in [0.15, 0.2) is 11.2 Å². The van der Waals surface area contributed by atoms with Crippen LogP contribution in [0.2, 0.25) is 0 Å². The summed E-state index contributed by atoms with van der Waals surface area (Å²) in [5.41, 5.74) is 2.56. The summed E-state index contributed by atoms with van der Waals surface area (Å²) in [6.07, 6.45) is 0.150. The van der Waals surface area contributed by atoms with E-state index in [4.69, 9.17) is 4.98 Å². The van der Waals surface area contributed by atoms with E-state index < -0.39 is 17.3 Å². The van der Waals surface area contributed by atoms with Crippen LogP contribution in [0.1, 0.15) is 17.5 Å². The van der Waals surface area contributed by atoms with Crippen LogP contribution in [-0.2, 0) is 30.2 Å². The second-order valence-corrected chi connectivity index (χ2v) is 10.5. The van der Waals surface area contributed by atoms with Crippen LogP contribution in [0.15, 0.2) is 64.2 Å². The Hall–Kier alpha value is -4.51. The Bertz CT molecular complexity index is 1730. The number of piperazine rings is 1. The molecule has 0 saturated carbocycles. The molecule has 2 aromatic carbocycles. The fraction of sp³-hybridized carbons (Fsp3) is 0.345. The van der Waals surface area contributed by atoms with Gasteiger partial charge in [-0.1, -0.05) is 48.0 Å². The van der Waals surface area contributed by atoms with Crippen molar-refractivity contribution in [3.05, 3.63) is 86.6 Å². The summed E-state index contributed by atoms with van der Waals surface area (Å²) in [5.74, 6) is 0.215. The molecule has 0 aliphatic carbocycles. The predicted octanol–water partition coefficient (Wildman–Crippen LogP) is 1.24. The minimum atomic E-state index is -0.507. The van der Waals surface area contributed by atoms with Crippen molar-refractivity contribution in [3.63, 3.8) is 0 Å². The van der Waals surface area contributed by atoms with Gasteiger partial charge in [0.25, 0.3) is 11.5 Å². The number of rotatable bonds is 5. The van der Waals surface area contributed by atoms with Crippen LogP contribution >= 0.6 is 0 Å². The van der Waals surface area contributed by atoms with Crippen molar-refractivity contribution in [3.8, 4) is 0 Å². The highest BCUT2D eigenvalue weighted by molar-refractivity contribution is 6.22. The van der Waals surface area contributed by atoms with Crippen molar-refractivity contribution >= 4 is 34.6 Å². The number of imidazole rings is 1. The fourth-order valence-corrected chi connectivity index (χ4v) is 5.69. The number of aromatic nitrogens is 4. The van der Waals surface area contributed by atoms with Crippen molar-refractivity contribution in [1.82, 2.24) is 23.6 Å². The molecule has 11 nitrogen and oxygen atoms in total. The minimum absolute atomic E-state index is 0.150. The van der Waals surface area contributed by atoms with E-state index in [9.17, 15) is 19.2 Å². The molecule has 0 spiro atoms. The molecule has 1 unspecified atom stereocenters. The Morgan fingerprint density at radius 3 is 2.20 bits per heavy atom. The molecule has 0 bridgehead atoms. The molecular weight excluding hydrogens is 510 g/mol. The molecule has 4 aromatic rings. The third kappa shape index (κ3) is 4.22. The zero-order valence-corrected chi connectivity index (χ0v) is 22.8. The molecule has 0 radical (unpaired) electrons. The van der Waals surface area contributed by atoms with Gasteiger partial charge in [-0.25, -0.2) is 9.69 Å². The zero-order chi connectivity index (χ0) is 28.1. The first-order valence-corrected chi connectivity index (χ1v) is 13.4. The maximum atomic E-state index is 13.3. The lowest BCUT2D eigenvalue weighted by atomic mass is 10.1. The maximum Gasteiger partial charge on any atom is 0.332 e. The molecular formula is C29H31N7O4. The number of carbonyl (C=O) groups is 2. The second-order valence-electron chi connectivity index (χ2n) is 10.5. The van der Waals surface area contributed by atoms with Gasteiger partial charge in [0.2, 0.25) is 11.9 Å². The van der Waals surface area contributed by atoms with E-state index in [-0.39, 0.29) is 18.2 Å². The largest absolute Gasteiger partial charge is 0.340 e. The van der Waals surface area contributed by atoms with Crippen LogP contribution in [0.5, 0.6) is 0 Å². The van der Waals surface area contributed by atoms with Gasteiger partial charge in [-0.2, -0.15) is 4.98 Å². The van der Waals surface area contributed by atoms with Crippen LogP contribution in [0.25, 0.3) is 11.2 Å². The Balaban J connectivity index is 1.28. The van der Waals surface area contributed by atoms with Crippen LogP contribution in [0.4, 0.5) is 11.6 Å². The third-order valence-electron chi connectivity index (χ3n) is 7.96. The molecule has 6 rings (SSSR count). The number of carbonyl (C=O) groups excluding carboxylic acids is 2. The molecule has 2 saturated heterocycles. The van der Waals surface area contributed by atoms with E-state index in [2.05, 4.69) is 9.80 Å². The van der Waals surface area contributed by atoms with E-state index in [0.717, 1.165) is 15.7 Å². The highest BCUT2D eigenvalue weighted by Gasteiger charge is 2.43. The van der Waals surface area contributed by atoms with Crippen molar-refractivity contribution in [2.45, 2.75) is 25.9 Å². The molecule has 2 fully saturated rings. The van der Waals surface area contributed by atoms with Crippen molar-refractivity contribution in [2.75, 3.05) is 36.0 Å². The number of benzene rings is 2. The Morgan fingerprint density at radius 2 is 1.52 bits per heavy atom. The molecule has 11 heteroatoms. The summed E-state index contributed by atoms with van der Waals surface area (Å²) in [5, 5.41) is 0. The van der Waals surface area contributed by atoms with E-state index in [0.29, 0.717) is 55.5 Å². The lowest BCUT2D eigenvalue weighted by Crippen LogP contribution is -2.53. The summed E-state index contributed by atoms with van der Waals surface area (Å²) in [6.45, 7) is 4.59. The molecule has 1 atom stereocenters. The van der Waals surface area contributed by atoms with Gasteiger partial charge in [0.1, 0.15) is 0 Å². The van der Waals surface area contributed by atoms with E-state index in [1.165, 1.54) is 16.5 Å². The molecule has 2 aromatic heterocycles. The topological polar surface area (TPSA) is 106 Å². The molecule has 2 aliphatic rings. The average Bonchev–Trinajstić information content (AvgIpc) is 3.48. The highest BCUT2D eigenvalue weighted by Crippen LogP contribution is 2.28. The second kappa shape index (κ2) is 9.91. The Kier molecular flexibility index (Phi) is 6.38. The Labute approximate surface area is 230 Å². The summed E-state index contributed by atoms with van der Waals surface area (Å²) < 4.78 is 4.39. The number of amides is 2. The lowest BCUT2D eigenvalue weighted by Gasteiger charge is -2.37.